The van der Waals surface area contributed by atoms with Crippen molar-refractivity contribution >= 4 is 16.5 Å². The van der Waals surface area contributed by atoms with Gasteiger partial charge in [0.25, 0.3) is 0 Å². The Morgan fingerprint density at radius 1 is 1.40 bits per heavy atom. The summed E-state index contributed by atoms with van der Waals surface area (Å²) in [5.74, 6) is 0. The fourth-order valence-electron chi connectivity index (χ4n) is 2.02. The Morgan fingerprint density at radius 2 is 2.27 bits per heavy atom. The second kappa shape index (κ2) is 4.90. The van der Waals surface area contributed by atoms with E-state index in [1.807, 2.05) is 6.92 Å². The summed E-state index contributed by atoms with van der Waals surface area (Å²) >= 11 is 1.62. The van der Waals surface area contributed by atoms with Gasteiger partial charge >= 0.3 is 0 Å². The van der Waals surface area contributed by atoms with Gasteiger partial charge in [0, 0.05) is 6.54 Å². The van der Waals surface area contributed by atoms with Crippen molar-refractivity contribution in [2.24, 2.45) is 0 Å². The third-order valence-electron chi connectivity index (χ3n) is 2.85. The molecule has 0 bridgehead atoms. The molecule has 0 amide bonds. The minimum Gasteiger partial charge on any atom is -0.394 e. The van der Waals surface area contributed by atoms with Crippen LogP contribution in [0.2, 0.25) is 0 Å². The van der Waals surface area contributed by atoms with Gasteiger partial charge in [-0.15, -0.1) is 10.2 Å². The van der Waals surface area contributed by atoms with E-state index in [0.29, 0.717) is 0 Å². The van der Waals surface area contributed by atoms with Gasteiger partial charge in [-0.25, -0.2) is 0 Å². The highest BCUT2D eigenvalue weighted by Crippen LogP contribution is 2.26. The number of nitrogens with zero attached hydrogens (tertiary/aromatic N) is 3. The highest BCUT2D eigenvalue weighted by atomic mass is 32.1. The van der Waals surface area contributed by atoms with Crippen LogP contribution in [0.3, 0.4) is 0 Å². The van der Waals surface area contributed by atoms with E-state index >= 15 is 0 Å². The van der Waals surface area contributed by atoms with Crippen molar-refractivity contribution in [1.82, 2.24) is 10.2 Å². The minimum atomic E-state index is 0.221. The molecule has 0 aromatic carbocycles. The van der Waals surface area contributed by atoms with Crippen molar-refractivity contribution in [2.45, 2.75) is 38.6 Å². The number of hydrogen-bond donors (Lipinski definition) is 1. The summed E-state index contributed by atoms with van der Waals surface area (Å²) < 4.78 is 0. The van der Waals surface area contributed by atoms with Gasteiger partial charge in [-0.2, -0.15) is 0 Å². The van der Waals surface area contributed by atoms with Crippen molar-refractivity contribution in [3.8, 4) is 0 Å². The van der Waals surface area contributed by atoms with Crippen LogP contribution in [0.25, 0.3) is 0 Å². The molecule has 84 valence electrons. The topological polar surface area (TPSA) is 49.2 Å². The molecule has 1 N–H and O–H groups in total. The molecule has 0 spiro atoms. The van der Waals surface area contributed by atoms with E-state index in [1.165, 1.54) is 19.3 Å². The molecule has 1 aliphatic heterocycles. The smallest absolute Gasteiger partial charge is 0.208 e. The normalized spacial score (nSPS) is 22.8. The molecular weight excluding hydrogens is 210 g/mol. The molecule has 1 aliphatic rings. The summed E-state index contributed by atoms with van der Waals surface area (Å²) in [4.78, 5) is 2.22. The van der Waals surface area contributed by atoms with Crippen LogP contribution in [0.1, 0.15) is 30.7 Å². The number of rotatable bonds is 2. The Bertz CT molecular complexity index is 315. The lowest BCUT2D eigenvalue weighted by Gasteiger charge is -2.27. The summed E-state index contributed by atoms with van der Waals surface area (Å²) in [6.45, 7) is 3.19. The third-order valence-corrected chi connectivity index (χ3v) is 3.72. The molecule has 1 saturated heterocycles. The zero-order valence-corrected chi connectivity index (χ0v) is 9.83. The molecule has 0 saturated carbocycles. The SMILES string of the molecule is Cc1nnc(N2CCCCCC2CO)s1. The van der Waals surface area contributed by atoms with Gasteiger partial charge in [0.2, 0.25) is 5.13 Å². The molecule has 2 rings (SSSR count). The third kappa shape index (κ3) is 2.46. The molecular formula is C10H17N3OS. The van der Waals surface area contributed by atoms with Crippen molar-refractivity contribution < 1.29 is 5.11 Å². The molecule has 1 unspecified atom stereocenters. The zero-order valence-electron chi connectivity index (χ0n) is 9.02. The zero-order chi connectivity index (χ0) is 10.7. The number of aliphatic hydroxyl groups excluding tert-OH is 1. The predicted octanol–water partition coefficient (Wildman–Crippen LogP) is 1.59. The van der Waals surface area contributed by atoms with Crippen LogP contribution in [0.4, 0.5) is 5.13 Å². The first-order valence-electron chi connectivity index (χ1n) is 5.49. The van der Waals surface area contributed by atoms with Crippen molar-refractivity contribution in [3.05, 3.63) is 5.01 Å². The van der Waals surface area contributed by atoms with Gasteiger partial charge < -0.3 is 10.0 Å². The standard InChI is InChI=1S/C10H17N3OS/c1-8-11-12-10(15-8)13-6-4-2-3-5-9(13)7-14/h9,14H,2-7H2,1H3. The molecule has 1 fully saturated rings. The monoisotopic (exact) mass is 227 g/mol. The van der Waals surface area contributed by atoms with Gasteiger partial charge in [-0.1, -0.05) is 24.2 Å². The number of hydrogen-bond acceptors (Lipinski definition) is 5. The average Bonchev–Trinajstić information content (AvgIpc) is 2.54. The van der Waals surface area contributed by atoms with E-state index in [-0.39, 0.29) is 12.6 Å². The van der Waals surface area contributed by atoms with Crippen LogP contribution in [-0.4, -0.2) is 34.5 Å². The first-order valence-corrected chi connectivity index (χ1v) is 6.30. The first-order chi connectivity index (χ1) is 7.31. The highest BCUT2D eigenvalue weighted by molar-refractivity contribution is 7.15. The van der Waals surface area contributed by atoms with Crippen LogP contribution < -0.4 is 4.90 Å². The lowest BCUT2D eigenvalue weighted by molar-refractivity contribution is 0.255. The molecule has 15 heavy (non-hydrogen) atoms. The van der Waals surface area contributed by atoms with Gasteiger partial charge in [0.15, 0.2) is 0 Å². The first kappa shape index (κ1) is 10.8. The second-order valence-corrected chi connectivity index (χ2v) is 5.14. The quantitative estimate of drug-likeness (QED) is 0.833. The summed E-state index contributed by atoms with van der Waals surface area (Å²) in [6, 6.07) is 0.236. The summed E-state index contributed by atoms with van der Waals surface area (Å²) in [5.41, 5.74) is 0. The van der Waals surface area contributed by atoms with Crippen LogP contribution in [0.5, 0.6) is 0 Å². The summed E-state index contributed by atoms with van der Waals surface area (Å²) in [7, 11) is 0. The molecule has 1 atom stereocenters. The average molecular weight is 227 g/mol. The van der Waals surface area contributed by atoms with Crippen molar-refractivity contribution in [3.63, 3.8) is 0 Å². The Labute approximate surface area is 93.9 Å². The fourth-order valence-corrected chi connectivity index (χ4v) is 2.81. The maximum absolute atomic E-state index is 9.37. The van der Waals surface area contributed by atoms with Crippen LogP contribution >= 0.6 is 11.3 Å². The number of aromatic nitrogens is 2. The van der Waals surface area contributed by atoms with E-state index in [0.717, 1.165) is 23.1 Å². The number of anilines is 1. The maximum atomic E-state index is 9.37. The summed E-state index contributed by atoms with van der Waals surface area (Å²) in [5, 5.41) is 19.5. The molecule has 0 aliphatic carbocycles. The molecule has 1 aromatic heterocycles. The summed E-state index contributed by atoms with van der Waals surface area (Å²) in [6.07, 6.45) is 4.72. The second-order valence-electron chi connectivity index (χ2n) is 3.98. The van der Waals surface area contributed by atoms with Gasteiger partial charge in [0.1, 0.15) is 5.01 Å². The number of aliphatic hydroxyl groups is 1. The van der Waals surface area contributed by atoms with E-state index < -0.39 is 0 Å². The maximum Gasteiger partial charge on any atom is 0.208 e. The molecule has 0 radical (unpaired) electrons. The van der Waals surface area contributed by atoms with Crippen molar-refractivity contribution in [2.75, 3.05) is 18.1 Å². The van der Waals surface area contributed by atoms with Crippen LogP contribution in [-0.2, 0) is 0 Å². The fraction of sp³-hybridized carbons (Fsp3) is 0.800. The van der Waals surface area contributed by atoms with Gasteiger partial charge in [0.05, 0.1) is 12.6 Å². The van der Waals surface area contributed by atoms with E-state index in [9.17, 15) is 5.11 Å². The Morgan fingerprint density at radius 3 is 2.93 bits per heavy atom. The number of aryl methyl sites for hydroxylation is 1. The Kier molecular flexibility index (Phi) is 3.53. The Balaban J connectivity index is 2.16. The molecule has 1 aromatic rings. The van der Waals surface area contributed by atoms with E-state index in [1.54, 1.807) is 11.3 Å². The minimum absolute atomic E-state index is 0.221. The van der Waals surface area contributed by atoms with Crippen molar-refractivity contribution in [1.29, 1.82) is 0 Å². The van der Waals surface area contributed by atoms with E-state index in [4.69, 9.17) is 0 Å². The molecule has 4 nitrogen and oxygen atoms in total. The lowest BCUT2D eigenvalue weighted by atomic mass is 10.1. The highest BCUT2D eigenvalue weighted by Gasteiger charge is 2.22. The lowest BCUT2D eigenvalue weighted by Crippen LogP contribution is -2.37. The van der Waals surface area contributed by atoms with Crippen LogP contribution in [0.15, 0.2) is 0 Å². The van der Waals surface area contributed by atoms with Crippen LogP contribution in [0, 0.1) is 6.92 Å². The Hall–Kier alpha value is -0.680. The predicted molar refractivity (Wildman–Crippen MR) is 61.3 cm³/mol. The largest absolute Gasteiger partial charge is 0.394 e. The molecule has 2 heterocycles. The van der Waals surface area contributed by atoms with Gasteiger partial charge in [-0.3, -0.25) is 0 Å². The molecule has 5 heteroatoms. The van der Waals surface area contributed by atoms with Gasteiger partial charge in [-0.05, 0) is 19.8 Å². The van der Waals surface area contributed by atoms with E-state index in [2.05, 4.69) is 15.1 Å².